The second-order valence-corrected chi connectivity index (χ2v) is 7.49. The quantitative estimate of drug-likeness (QED) is 0.374. The molecule has 0 spiro atoms. The highest BCUT2D eigenvalue weighted by atomic mass is 19.1. The standard InChI is InChI=1S/C24H16FN7/c25-16-4-1-13(2-5-16)18-7-8-28-23-21(18)29-24(30-23)22-19-10-14(3-6-20(19)31-32-22)15-9-17(26)12-27-11-15/h1-12H,26H2,(H,31,32)(H,28,29,30). The molecule has 0 atom stereocenters. The first-order valence-electron chi connectivity index (χ1n) is 9.96. The van der Waals surface area contributed by atoms with E-state index >= 15 is 0 Å². The van der Waals surface area contributed by atoms with Crippen molar-refractivity contribution in [3.8, 4) is 33.8 Å². The Balaban J connectivity index is 1.50. The number of nitrogen functional groups attached to an aromatic ring is 1. The SMILES string of the molecule is Nc1cncc(-c2ccc3[nH]nc(-c4nc5nccc(-c6ccc(F)cc6)c5[nH]4)c3c2)c1. The largest absolute Gasteiger partial charge is 0.397 e. The Morgan fingerprint density at radius 2 is 1.72 bits per heavy atom. The lowest BCUT2D eigenvalue weighted by Crippen LogP contribution is -1.88. The second kappa shape index (κ2) is 6.98. The Bertz CT molecular complexity index is 1600. The van der Waals surface area contributed by atoms with Gasteiger partial charge in [0.2, 0.25) is 0 Å². The lowest BCUT2D eigenvalue weighted by atomic mass is 10.0. The first kappa shape index (κ1) is 18.2. The number of fused-ring (bicyclic) bond motifs is 2. The highest BCUT2D eigenvalue weighted by Gasteiger charge is 2.16. The number of hydrogen-bond acceptors (Lipinski definition) is 5. The van der Waals surface area contributed by atoms with E-state index in [0.29, 0.717) is 22.9 Å². The van der Waals surface area contributed by atoms with Gasteiger partial charge in [0.05, 0.1) is 16.7 Å². The number of nitrogens with two attached hydrogens (primary N) is 1. The van der Waals surface area contributed by atoms with Gasteiger partial charge in [-0.1, -0.05) is 18.2 Å². The number of nitrogens with zero attached hydrogens (tertiary/aromatic N) is 4. The summed E-state index contributed by atoms with van der Waals surface area (Å²) in [4.78, 5) is 16.6. The maximum Gasteiger partial charge on any atom is 0.178 e. The van der Waals surface area contributed by atoms with Crippen LogP contribution in [-0.2, 0) is 0 Å². The Hall–Kier alpha value is -4.59. The molecule has 32 heavy (non-hydrogen) atoms. The maximum absolute atomic E-state index is 13.4. The van der Waals surface area contributed by atoms with Crippen LogP contribution < -0.4 is 5.73 Å². The van der Waals surface area contributed by atoms with Gasteiger partial charge in [0.1, 0.15) is 11.5 Å². The number of benzene rings is 2. The van der Waals surface area contributed by atoms with Crippen molar-refractivity contribution >= 4 is 27.8 Å². The van der Waals surface area contributed by atoms with Crippen molar-refractivity contribution < 1.29 is 4.39 Å². The van der Waals surface area contributed by atoms with Gasteiger partial charge in [0, 0.05) is 35.1 Å². The van der Waals surface area contributed by atoms with Gasteiger partial charge in [0.25, 0.3) is 0 Å². The summed E-state index contributed by atoms with van der Waals surface area (Å²) in [6.45, 7) is 0. The van der Waals surface area contributed by atoms with Gasteiger partial charge >= 0.3 is 0 Å². The van der Waals surface area contributed by atoms with Crippen molar-refractivity contribution in [3.05, 3.63) is 79.0 Å². The number of nitrogens with one attached hydrogen (secondary N) is 2. The molecular weight excluding hydrogens is 405 g/mol. The van der Waals surface area contributed by atoms with Crippen LogP contribution in [0.3, 0.4) is 0 Å². The number of imidazole rings is 1. The summed E-state index contributed by atoms with van der Waals surface area (Å²) in [6, 6.07) is 16.1. The van der Waals surface area contributed by atoms with Crippen LogP contribution in [0, 0.1) is 5.82 Å². The summed E-state index contributed by atoms with van der Waals surface area (Å²) < 4.78 is 13.4. The molecule has 0 amide bonds. The molecule has 2 aromatic carbocycles. The molecule has 154 valence electrons. The highest BCUT2D eigenvalue weighted by molar-refractivity contribution is 5.97. The zero-order valence-corrected chi connectivity index (χ0v) is 16.7. The molecule has 0 saturated carbocycles. The van der Waals surface area contributed by atoms with Crippen LogP contribution in [0.4, 0.5) is 10.1 Å². The van der Waals surface area contributed by atoms with E-state index in [1.807, 2.05) is 30.3 Å². The molecule has 0 saturated heterocycles. The van der Waals surface area contributed by atoms with Crippen molar-refractivity contribution in [2.24, 2.45) is 0 Å². The number of aromatic amines is 2. The molecule has 4 N–H and O–H groups in total. The fourth-order valence-corrected chi connectivity index (χ4v) is 3.88. The first-order chi connectivity index (χ1) is 15.7. The summed E-state index contributed by atoms with van der Waals surface area (Å²) in [6.07, 6.45) is 5.09. The Morgan fingerprint density at radius 3 is 2.56 bits per heavy atom. The maximum atomic E-state index is 13.4. The average Bonchev–Trinajstić information content (AvgIpc) is 3.43. The average molecular weight is 421 g/mol. The molecule has 0 unspecified atom stereocenters. The second-order valence-electron chi connectivity index (χ2n) is 7.49. The van der Waals surface area contributed by atoms with E-state index in [2.05, 4.69) is 30.1 Å². The van der Waals surface area contributed by atoms with Gasteiger partial charge < -0.3 is 10.7 Å². The molecular formula is C24H16FN7. The summed E-state index contributed by atoms with van der Waals surface area (Å²) in [5.74, 6) is 0.315. The third-order valence-electron chi connectivity index (χ3n) is 5.43. The van der Waals surface area contributed by atoms with E-state index in [1.54, 1.807) is 30.7 Å². The molecule has 6 rings (SSSR count). The van der Waals surface area contributed by atoms with E-state index < -0.39 is 0 Å². The molecule has 0 bridgehead atoms. The summed E-state index contributed by atoms with van der Waals surface area (Å²) in [7, 11) is 0. The van der Waals surface area contributed by atoms with Gasteiger partial charge in [-0.25, -0.2) is 14.4 Å². The highest BCUT2D eigenvalue weighted by Crippen LogP contribution is 2.32. The minimum Gasteiger partial charge on any atom is -0.397 e. The smallest absolute Gasteiger partial charge is 0.178 e. The number of aromatic nitrogens is 6. The van der Waals surface area contributed by atoms with Gasteiger partial charge in [-0.05, 0) is 47.5 Å². The van der Waals surface area contributed by atoms with Crippen LogP contribution >= 0.6 is 0 Å². The molecule has 4 aromatic heterocycles. The summed E-state index contributed by atoms with van der Waals surface area (Å²) in [5.41, 5.74) is 13.1. The van der Waals surface area contributed by atoms with E-state index in [-0.39, 0.29) is 5.82 Å². The number of rotatable bonds is 3. The lowest BCUT2D eigenvalue weighted by molar-refractivity contribution is 0.628. The van der Waals surface area contributed by atoms with E-state index in [4.69, 9.17) is 5.73 Å². The summed E-state index contributed by atoms with van der Waals surface area (Å²) >= 11 is 0. The Labute approximate surface area is 181 Å². The monoisotopic (exact) mass is 421 g/mol. The normalized spacial score (nSPS) is 11.4. The Kier molecular flexibility index (Phi) is 3.97. The number of halogens is 1. The fourth-order valence-electron chi connectivity index (χ4n) is 3.88. The van der Waals surface area contributed by atoms with Crippen LogP contribution in [0.5, 0.6) is 0 Å². The Morgan fingerprint density at radius 1 is 0.875 bits per heavy atom. The molecule has 0 aliphatic carbocycles. The summed E-state index contributed by atoms with van der Waals surface area (Å²) in [5, 5.41) is 8.46. The van der Waals surface area contributed by atoms with Gasteiger partial charge in [-0.15, -0.1) is 0 Å². The van der Waals surface area contributed by atoms with Crippen molar-refractivity contribution in [2.75, 3.05) is 5.73 Å². The van der Waals surface area contributed by atoms with Gasteiger partial charge in [-0.2, -0.15) is 5.10 Å². The zero-order valence-electron chi connectivity index (χ0n) is 16.7. The van der Waals surface area contributed by atoms with Crippen molar-refractivity contribution in [1.82, 2.24) is 30.1 Å². The third kappa shape index (κ3) is 2.97. The van der Waals surface area contributed by atoms with Gasteiger partial charge in [-0.3, -0.25) is 10.1 Å². The van der Waals surface area contributed by atoms with Crippen molar-refractivity contribution in [1.29, 1.82) is 0 Å². The lowest BCUT2D eigenvalue weighted by Gasteiger charge is -2.03. The van der Waals surface area contributed by atoms with Crippen molar-refractivity contribution in [3.63, 3.8) is 0 Å². The molecule has 0 aliphatic heterocycles. The number of pyridine rings is 2. The van der Waals surface area contributed by atoms with Gasteiger partial charge in [0.15, 0.2) is 11.5 Å². The molecule has 6 aromatic rings. The third-order valence-corrected chi connectivity index (χ3v) is 5.43. The molecule has 0 aliphatic rings. The van der Waals surface area contributed by atoms with Crippen LogP contribution in [0.1, 0.15) is 0 Å². The van der Waals surface area contributed by atoms with Crippen LogP contribution in [0.2, 0.25) is 0 Å². The number of H-pyrrole nitrogens is 2. The first-order valence-corrected chi connectivity index (χ1v) is 9.96. The predicted molar refractivity (Wildman–Crippen MR) is 122 cm³/mol. The van der Waals surface area contributed by atoms with Crippen LogP contribution in [0.25, 0.3) is 55.8 Å². The van der Waals surface area contributed by atoms with E-state index in [9.17, 15) is 4.39 Å². The van der Waals surface area contributed by atoms with Crippen LogP contribution in [-0.4, -0.2) is 30.1 Å². The van der Waals surface area contributed by atoms with Crippen molar-refractivity contribution in [2.45, 2.75) is 0 Å². The molecule has 0 radical (unpaired) electrons. The number of anilines is 1. The molecule has 8 heteroatoms. The van der Waals surface area contributed by atoms with E-state index in [0.717, 1.165) is 38.7 Å². The molecule has 0 fully saturated rings. The predicted octanol–water partition coefficient (Wildman–Crippen LogP) is 4.95. The topological polar surface area (TPSA) is 109 Å². The number of hydrogen-bond donors (Lipinski definition) is 3. The molecule has 7 nitrogen and oxygen atoms in total. The molecule has 4 heterocycles. The van der Waals surface area contributed by atoms with Crippen LogP contribution in [0.15, 0.2) is 73.2 Å². The zero-order chi connectivity index (χ0) is 21.7. The minimum absolute atomic E-state index is 0.279. The minimum atomic E-state index is -0.279. The fraction of sp³-hybridized carbons (Fsp3) is 0. The van der Waals surface area contributed by atoms with E-state index in [1.165, 1.54) is 12.1 Å².